The molecule has 0 amide bonds. The lowest BCUT2D eigenvalue weighted by Gasteiger charge is -1.82. The zero-order chi connectivity index (χ0) is 7.02. The van der Waals surface area contributed by atoms with Gasteiger partial charge in [0, 0.05) is 0 Å². The number of carbonyl (C=O) groups is 2. The molecule has 2 atom stereocenters. The molecule has 1 unspecified atom stereocenters. The second-order valence-electron chi connectivity index (χ2n) is 2.34. The minimum atomic E-state index is -0.178. The molecule has 0 aromatic carbocycles. The average Bonchev–Trinajstić information content (AvgIpc) is 2.39. The van der Waals surface area contributed by atoms with Crippen molar-refractivity contribution in [2.24, 2.45) is 0 Å². The predicted molar refractivity (Wildman–Crippen MR) is 32.1 cm³/mol. The quantitative estimate of drug-likeness (QED) is 0.509. The fraction of sp³-hybridized carbons (Fsp3) is 0.667. The van der Waals surface area contributed by atoms with E-state index in [0.29, 0.717) is 0 Å². The molecule has 0 aromatic heterocycles. The van der Waals surface area contributed by atoms with E-state index in [0.717, 1.165) is 0 Å². The van der Waals surface area contributed by atoms with E-state index >= 15 is 0 Å². The Labute approximate surface area is 53.4 Å². The normalized spacial score (nSPS) is 31.8. The van der Waals surface area contributed by atoms with Gasteiger partial charge in [-0.2, -0.15) is 0 Å². The summed E-state index contributed by atoms with van der Waals surface area (Å²) in [6, 6.07) is -0.356. The van der Waals surface area contributed by atoms with Crippen molar-refractivity contribution in [3.05, 3.63) is 0 Å². The van der Waals surface area contributed by atoms with Gasteiger partial charge in [-0.15, -0.1) is 0 Å². The van der Waals surface area contributed by atoms with Crippen molar-refractivity contribution in [1.82, 2.24) is 5.32 Å². The first-order valence-corrected chi connectivity index (χ1v) is 2.90. The number of hydrogen-bond donors (Lipinski definition) is 1. The van der Waals surface area contributed by atoms with Gasteiger partial charge in [-0.1, -0.05) is 0 Å². The molecule has 0 radical (unpaired) electrons. The smallest absolute Gasteiger partial charge is 0.148 e. The number of rotatable bonds is 2. The van der Waals surface area contributed by atoms with Crippen molar-refractivity contribution in [3.63, 3.8) is 0 Å². The lowest BCUT2D eigenvalue weighted by molar-refractivity contribution is -0.120. The maximum absolute atomic E-state index is 10.5. The first kappa shape index (κ1) is 6.42. The molecular formula is C6H9NO2. The van der Waals surface area contributed by atoms with Gasteiger partial charge in [0.05, 0.1) is 12.1 Å². The Morgan fingerprint density at radius 1 is 1.11 bits per heavy atom. The average molecular weight is 127 g/mol. The first-order chi connectivity index (χ1) is 4.13. The molecule has 0 aliphatic carbocycles. The Morgan fingerprint density at radius 3 is 1.56 bits per heavy atom. The topological polar surface area (TPSA) is 56.1 Å². The van der Waals surface area contributed by atoms with Gasteiger partial charge in [0.15, 0.2) is 0 Å². The van der Waals surface area contributed by atoms with E-state index in [1.807, 2.05) is 0 Å². The number of Topliss-reactive ketones (excluding diaryl/α,β-unsaturated/α-hetero) is 2. The van der Waals surface area contributed by atoms with E-state index in [1.165, 1.54) is 13.8 Å². The summed E-state index contributed by atoms with van der Waals surface area (Å²) >= 11 is 0. The molecule has 3 nitrogen and oxygen atoms in total. The molecule has 9 heavy (non-hydrogen) atoms. The highest BCUT2D eigenvalue weighted by Gasteiger charge is 2.42. The fourth-order valence-electron chi connectivity index (χ4n) is 0.842. The lowest BCUT2D eigenvalue weighted by atomic mass is 10.2. The summed E-state index contributed by atoms with van der Waals surface area (Å²) in [4.78, 5) is 21.0. The van der Waals surface area contributed by atoms with Crippen molar-refractivity contribution in [2.75, 3.05) is 0 Å². The van der Waals surface area contributed by atoms with Gasteiger partial charge < -0.3 is 0 Å². The van der Waals surface area contributed by atoms with Crippen molar-refractivity contribution >= 4 is 11.6 Å². The summed E-state index contributed by atoms with van der Waals surface area (Å²) in [6.07, 6.45) is 0. The van der Waals surface area contributed by atoms with Gasteiger partial charge in [0.1, 0.15) is 11.6 Å². The zero-order valence-electron chi connectivity index (χ0n) is 5.47. The van der Waals surface area contributed by atoms with Crippen molar-refractivity contribution in [1.29, 1.82) is 0 Å². The molecule has 1 fully saturated rings. The lowest BCUT2D eigenvalue weighted by Crippen LogP contribution is -2.10. The molecule has 0 saturated carbocycles. The van der Waals surface area contributed by atoms with Gasteiger partial charge in [-0.3, -0.25) is 14.9 Å². The molecule has 1 N–H and O–H groups in total. The van der Waals surface area contributed by atoms with E-state index in [-0.39, 0.29) is 23.7 Å². The summed E-state index contributed by atoms with van der Waals surface area (Å²) in [5.74, 6) is 0.102. The van der Waals surface area contributed by atoms with E-state index in [9.17, 15) is 9.59 Å². The van der Waals surface area contributed by atoms with Crippen LogP contribution < -0.4 is 5.32 Å². The van der Waals surface area contributed by atoms with E-state index < -0.39 is 0 Å². The molecule has 0 aromatic rings. The highest BCUT2D eigenvalue weighted by Crippen LogP contribution is 2.11. The van der Waals surface area contributed by atoms with Crippen LogP contribution in [0.4, 0.5) is 0 Å². The molecule has 1 saturated heterocycles. The maximum Gasteiger partial charge on any atom is 0.148 e. The SMILES string of the molecule is CC(=O)C1N[C@H]1C(C)=O. The van der Waals surface area contributed by atoms with E-state index in [1.54, 1.807) is 0 Å². The predicted octanol–water partition coefficient (Wildman–Crippen LogP) is -0.495. The van der Waals surface area contributed by atoms with Crippen LogP contribution in [0.2, 0.25) is 0 Å². The molecule has 3 heteroatoms. The monoisotopic (exact) mass is 127 g/mol. The van der Waals surface area contributed by atoms with Crippen LogP contribution in [0.1, 0.15) is 13.8 Å². The fourth-order valence-corrected chi connectivity index (χ4v) is 0.842. The minimum absolute atomic E-state index is 0.0511. The molecule has 1 rings (SSSR count). The number of carbonyl (C=O) groups excluding carboxylic acids is 2. The molecule has 0 spiro atoms. The summed E-state index contributed by atoms with van der Waals surface area (Å²) < 4.78 is 0. The second-order valence-corrected chi connectivity index (χ2v) is 2.34. The second kappa shape index (κ2) is 1.92. The van der Waals surface area contributed by atoms with Gasteiger partial charge in [0.25, 0.3) is 0 Å². The highest BCUT2D eigenvalue weighted by molar-refractivity contribution is 5.97. The minimum Gasteiger partial charge on any atom is -0.298 e. The third-order valence-corrected chi connectivity index (χ3v) is 1.46. The van der Waals surface area contributed by atoms with Crippen LogP contribution in [0.3, 0.4) is 0 Å². The standard InChI is InChI=1S/C6H9NO2/c1-3(8)5-6(7-5)4(2)9/h5-7H,1-2H3/t5-,6?/m0/s1. The van der Waals surface area contributed by atoms with Crippen molar-refractivity contribution < 1.29 is 9.59 Å². The van der Waals surface area contributed by atoms with E-state index in [4.69, 9.17) is 0 Å². The highest BCUT2D eigenvalue weighted by atomic mass is 16.1. The zero-order valence-corrected chi connectivity index (χ0v) is 5.47. The molecule has 1 aliphatic heterocycles. The van der Waals surface area contributed by atoms with Crippen molar-refractivity contribution in [2.45, 2.75) is 25.9 Å². The molecule has 1 heterocycles. The largest absolute Gasteiger partial charge is 0.298 e. The third-order valence-electron chi connectivity index (χ3n) is 1.46. The number of hydrogen-bond acceptors (Lipinski definition) is 3. The van der Waals surface area contributed by atoms with Crippen LogP contribution >= 0.6 is 0 Å². The van der Waals surface area contributed by atoms with Crippen molar-refractivity contribution in [3.8, 4) is 0 Å². The molecule has 1 aliphatic rings. The third kappa shape index (κ3) is 1.16. The van der Waals surface area contributed by atoms with Crippen LogP contribution in [-0.2, 0) is 9.59 Å². The Bertz CT molecular complexity index is 146. The Morgan fingerprint density at radius 2 is 1.44 bits per heavy atom. The van der Waals surface area contributed by atoms with Crippen LogP contribution in [-0.4, -0.2) is 23.7 Å². The summed E-state index contributed by atoms with van der Waals surface area (Å²) in [7, 11) is 0. The molecule has 0 bridgehead atoms. The van der Waals surface area contributed by atoms with Gasteiger partial charge in [-0.05, 0) is 13.8 Å². The molecule has 50 valence electrons. The number of nitrogens with one attached hydrogen (secondary N) is 1. The summed E-state index contributed by atoms with van der Waals surface area (Å²) in [6.45, 7) is 2.97. The van der Waals surface area contributed by atoms with Crippen LogP contribution in [0.25, 0.3) is 0 Å². The molecular weight excluding hydrogens is 118 g/mol. The Kier molecular flexibility index (Phi) is 1.37. The van der Waals surface area contributed by atoms with Crippen LogP contribution in [0, 0.1) is 0 Å². The van der Waals surface area contributed by atoms with E-state index in [2.05, 4.69) is 5.32 Å². The first-order valence-electron chi connectivity index (χ1n) is 2.90. The van der Waals surface area contributed by atoms with Crippen LogP contribution in [0.5, 0.6) is 0 Å². The Hall–Kier alpha value is -0.700. The summed E-state index contributed by atoms with van der Waals surface area (Å²) in [5, 5.41) is 2.77. The van der Waals surface area contributed by atoms with Gasteiger partial charge in [0.2, 0.25) is 0 Å². The summed E-state index contributed by atoms with van der Waals surface area (Å²) in [5.41, 5.74) is 0. The van der Waals surface area contributed by atoms with Gasteiger partial charge >= 0.3 is 0 Å². The van der Waals surface area contributed by atoms with Gasteiger partial charge in [-0.25, -0.2) is 0 Å². The maximum atomic E-state index is 10.5. The number of ketones is 2. The van der Waals surface area contributed by atoms with Crippen LogP contribution in [0.15, 0.2) is 0 Å². The Balaban J connectivity index is 2.42.